The lowest BCUT2D eigenvalue weighted by Gasteiger charge is -2.34. The number of hydrogen-bond donors (Lipinski definition) is 2. The lowest BCUT2D eigenvalue weighted by Crippen LogP contribution is -2.47. The standard InChI is InChI=1S/C32H38N4O5/c1-40-25-20-18-23(19-21-25)31(32(39)34-24-11-4-3-5-12-24)36(26-13-6-7-14-27(26)41-2)30(38)17-10-16-29(37)35-28-15-8-9-22-33-28/h6-9,13-15,18-22,24,31H,3-5,10-12,16-17H2,1-2H3,(H,34,39)(H,33,35,37)/t31-/m1/s1. The number of carbonyl (C=O) groups is 3. The van der Waals surface area contributed by atoms with Crippen molar-refractivity contribution < 1.29 is 23.9 Å². The van der Waals surface area contributed by atoms with Crippen LogP contribution in [0.1, 0.15) is 63.0 Å². The maximum Gasteiger partial charge on any atom is 0.248 e. The molecule has 1 aliphatic rings. The van der Waals surface area contributed by atoms with E-state index >= 15 is 0 Å². The molecule has 0 unspecified atom stereocenters. The first-order valence-corrected chi connectivity index (χ1v) is 14.1. The van der Waals surface area contributed by atoms with Gasteiger partial charge in [0.2, 0.25) is 17.7 Å². The number of hydrogen-bond acceptors (Lipinski definition) is 6. The SMILES string of the molecule is COc1ccc([C@H](C(=O)NC2CCCCC2)N(C(=O)CCCC(=O)Nc2ccccn2)c2ccccc2OC)cc1. The predicted molar refractivity (Wildman–Crippen MR) is 158 cm³/mol. The predicted octanol–water partition coefficient (Wildman–Crippen LogP) is 5.43. The van der Waals surface area contributed by atoms with Crippen molar-refractivity contribution in [2.75, 3.05) is 24.4 Å². The number of pyridine rings is 1. The quantitative estimate of drug-likeness (QED) is 0.307. The van der Waals surface area contributed by atoms with Gasteiger partial charge in [0, 0.05) is 25.1 Å². The van der Waals surface area contributed by atoms with E-state index in [9.17, 15) is 14.4 Å². The molecule has 9 nitrogen and oxygen atoms in total. The van der Waals surface area contributed by atoms with Crippen molar-refractivity contribution >= 4 is 29.2 Å². The summed E-state index contributed by atoms with van der Waals surface area (Å²) in [6.07, 6.45) is 7.19. The van der Waals surface area contributed by atoms with E-state index < -0.39 is 6.04 Å². The highest BCUT2D eigenvalue weighted by atomic mass is 16.5. The number of benzene rings is 2. The molecule has 216 valence electrons. The van der Waals surface area contributed by atoms with Crippen LogP contribution in [-0.2, 0) is 14.4 Å². The molecule has 1 aliphatic carbocycles. The van der Waals surface area contributed by atoms with Gasteiger partial charge in [0.05, 0.1) is 19.9 Å². The third kappa shape index (κ3) is 8.06. The van der Waals surface area contributed by atoms with Gasteiger partial charge in [-0.05, 0) is 61.2 Å². The molecule has 2 aromatic carbocycles. The molecule has 0 spiro atoms. The maximum absolute atomic E-state index is 14.0. The zero-order valence-corrected chi connectivity index (χ0v) is 23.7. The van der Waals surface area contributed by atoms with E-state index in [4.69, 9.17) is 9.47 Å². The van der Waals surface area contributed by atoms with Gasteiger partial charge in [-0.2, -0.15) is 0 Å². The van der Waals surface area contributed by atoms with Crippen LogP contribution >= 0.6 is 0 Å². The first-order chi connectivity index (χ1) is 20.0. The third-order valence-electron chi connectivity index (χ3n) is 7.23. The van der Waals surface area contributed by atoms with Crippen molar-refractivity contribution in [3.8, 4) is 11.5 Å². The van der Waals surface area contributed by atoms with E-state index in [-0.39, 0.29) is 36.6 Å². The highest BCUT2D eigenvalue weighted by Crippen LogP contribution is 2.36. The fraction of sp³-hybridized carbons (Fsp3) is 0.375. The molecule has 0 radical (unpaired) electrons. The Morgan fingerprint density at radius 1 is 0.902 bits per heavy atom. The minimum Gasteiger partial charge on any atom is -0.497 e. The van der Waals surface area contributed by atoms with Gasteiger partial charge in [-0.3, -0.25) is 19.3 Å². The summed E-state index contributed by atoms with van der Waals surface area (Å²) in [4.78, 5) is 46.2. The topological polar surface area (TPSA) is 110 Å². The smallest absolute Gasteiger partial charge is 0.248 e. The van der Waals surface area contributed by atoms with Crippen molar-refractivity contribution in [1.29, 1.82) is 0 Å². The number of ether oxygens (including phenoxy) is 2. The van der Waals surface area contributed by atoms with Gasteiger partial charge < -0.3 is 20.1 Å². The first kappa shape index (κ1) is 29.6. The third-order valence-corrected chi connectivity index (χ3v) is 7.23. The Hall–Kier alpha value is -4.40. The summed E-state index contributed by atoms with van der Waals surface area (Å²) >= 11 is 0. The summed E-state index contributed by atoms with van der Waals surface area (Å²) in [6.45, 7) is 0. The second-order valence-corrected chi connectivity index (χ2v) is 10.1. The van der Waals surface area contributed by atoms with Crippen molar-refractivity contribution in [3.63, 3.8) is 0 Å². The fourth-order valence-electron chi connectivity index (χ4n) is 5.14. The van der Waals surface area contributed by atoms with Crippen LogP contribution in [0.5, 0.6) is 11.5 Å². The van der Waals surface area contributed by atoms with Crippen molar-refractivity contribution in [2.24, 2.45) is 0 Å². The Labute approximate surface area is 241 Å². The summed E-state index contributed by atoms with van der Waals surface area (Å²) in [5, 5.41) is 5.96. The van der Waals surface area contributed by atoms with E-state index in [1.807, 2.05) is 12.1 Å². The zero-order chi connectivity index (χ0) is 29.0. The molecule has 0 bridgehead atoms. The van der Waals surface area contributed by atoms with Crippen LogP contribution in [0.2, 0.25) is 0 Å². The molecular formula is C32H38N4O5. The maximum atomic E-state index is 14.0. The van der Waals surface area contributed by atoms with E-state index in [0.29, 0.717) is 35.0 Å². The Kier molecular flexibility index (Phi) is 10.7. The van der Waals surface area contributed by atoms with Crippen molar-refractivity contribution in [2.45, 2.75) is 63.5 Å². The van der Waals surface area contributed by atoms with Gasteiger partial charge >= 0.3 is 0 Å². The molecule has 3 amide bonds. The number of aromatic nitrogens is 1. The fourth-order valence-corrected chi connectivity index (χ4v) is 5.14. The highest BCUT2D eigenvalue weighted by molar-refractivity contribution is 6.02. The van der Waals surface area contributed by atoms with E-state index in [1.54, 1.807) is 67.9 Å². The molecule has 41 heavy (non-hydrogen) atoms. The molecule has 0 saturated heterocycles. The molecule has 9 heteroatoms. The number of nitrogens with one attached hydrogen (secondary N) is 2. The highest BCUT2D eigenvalue weighted by Gasteiger charge is 2.35. The average molecular weight is 559 g/mol. The summed E-state index contributed by atoms with van der Waals surface area (Å²) < 4.78 is 11.0. The molecule has 4 rings (SSSR count). The summed E-state index contributed by atoms with van der Waals surface area (Å²) in [6, 6.07) is 18.7. The summed E-state index contributed by atoms with van der Waals surface area (Å²) in [5.41, 5.74) is 1.13. The molecule has 1 fully saturated rings. The Morgan fingerprint density at radius 3 is 2.32 bits per heavy atom. The monoisotopic (exact) mass is 558 g/mol. The molecule has 2 N–H and O–H groups in total. The Bertz CT molecular complexity index is 1290. The largest absolute Gasteiger partial charge is 0.497 e. The van der Waals surface area contributed by atoms with Gasteiger partial charge in [0.15, 0.2) is 0 Å². The Morgan fingerprint density at radius 2 is 1.63 bits per heavy atom. The van der Waals surface area contributed by atoms with Gasteiger partial charge in [0.1, 0.15) is 23.4 Å². The molecular weight excluding hydrogens is 520 g/mol. The molecule has 1 heterocycles. The number of para-hydroxylation sites is 2. The minimum atomic E-state index is -0.950. The van der Waals surface area contributed by atoms with Gasteiger partial charge in [-0.15, -0.1) is 0 Å². The molecule has 1 aromatic heterocycles. The molecule has 1 saturated carbocycles. The number of carbonyl (C=O) groups excluding carboxylic acids is 3. The van der Waals surface area contributed by atoms with Crippen LogP contribution in [0.25, 0.3) is 0 Å². The van der Waals surface area contributed by atoms with Crippen molar-refractivity contribution in [3.05, 3.63) is 78.5 Å². The molecule has 0 aliphatic heterocycles. The second-order valence-electron chi connectivity index (χ2n) is 10.1. The first-order valence-electron chi connectivity index (χ1n) is 14.1. The lowest BCUT2D eigenvalue weighted by molar-refractivity contribution is -0.127. The van der Waals surface area contributed by atoms with E-state index in [0.717, 1.165) is 32.1 Å². The minimum absolute atomic E-state index is 0.0526. The Balaban J connectivity index is 1.62. The van der Waals surface area contributed by atoms with Gasteiger partial charge in [-0.1, -0.05) is 49.6 Å². The number of amides is 3. The number of methoxy groups -OCH3 is 2. The molecule has 1 atom stereocenters. The van der Waals surface area contributed by atoms with Crippen LogP contribution < -0.4 is 25.0 Å². The normalized spacial score (nSPS) is 14.0. The molecule has 3 aromatic rings. The van der Waals surface area contributed by atoms with Crippen molar-refractivity contribution in [1.82, 2.24) is 10.3 Å². The summed E-state index contributed by atoms with van der Waals surface area (Å²) in [5.74, 6) is 0.793. The number of nitrogens with zero attached hydrogens (tertiary/aromatic N) is 2. The second kappa shape index (κ2) is 14.8. The van der Waals surface area contributed by atoms with Crippen LogP contribution in [0.15, 0.2) is 72.9 Å². The van der Waals surface area contributed by atoms with E-state index in [2.05, 4.69) is 15.6 Å². The van der Waals surface area contributed by atoms with Crippen LogP contribution in [0.4, 0.5) is 11.5 Å². The van der Waals surface area contributed by atoms with Crippen LogP contribution in [0, 0.1) is 0 Å². The number of rotatable bonds is 12. The van der Waals surface area contributed by atoms with E-state index in [1.165, 1.54) is 12.0 Å². The average Bonchev–Trinajstić information content (AvgIpc) is 3.00. The summed E-state index contributed by atoms with van der Waals surface area (Å²) in [7, 11) is 3.12. The zero-order valence-electron chi connectivity index (χ0n) is 23.7. The van der Waals surface area contributed by atoms with Crippen LogP contribution in [0.3, 0.4) is 0 Å². The van der Waals surface area contributed by atoms with Gasteiger partial charge in [0.25, 0.3) is 0 Å². The van der Waals surface area contributed by atoms with Crippen LogP contribution in [-0.4, -0.2) is 43.0 Å². The number of anilines is 2. The van der Waals surface area contributed by atoms with Gasteiger partial charge in [-0.25, -0.2) is 4.98 Å². The lowest BCUT2D eigenvalue weighted by atomic mass is 9.94.